The van der Waals surface area contributed by atoms with Gasteiger partial charge in [-0.2, -0.15) is 0 Å². The minimum atomic E-state index is 0.629. The standard InChI is InChI=1S/C43H25N3OS/c1-3-12-26(13-4-1)35-25-36(46-43(45-35)32-19-11-18-30-29-16-8-10-21-37(29)47-41(30)32)28-22-23-38-33(24-28)39-40(27-14-5-2-6-15-27)44-34-20-9-7-17-31(34)42(39)48-38/h1-25H. The lowest BCUT2D eigenvalue weighted by Crippen LogP contribution is -1.96. The van der Waals surface area contributed by atoms with E-state index in [-0.39, 0.29) is 0 Å². The van der Waals surface area contributed by atoms with Gasteiger partial charge < -0.3 is 4.42 Å². The van der Waals surface area contributed by atoms with Crippen molar-refractivity contribution in [1.29, 1.82) is 0 Å². The van der Waals surface area contributed by atoms with Crippen LogP contribution in [0.4, 0.5) is 0 Å². The molecule has 10 rings (SSSR count). The Bertz CT molecular complexity index is 2840. The summed E-state index contributed by atoms with van der Waals surface area (Å²) in [6.45, 7) is 0. The van der Waals surface area contributed by atoms with E-state index in [1.165, 1.54) is 25.6 Å². The van der Waals surface area contributed by atoms with E-state index >= 15 is 0 Å². The van der Waals surface area contributed by atoms with Crippen molar-refractivity contribution in [2.24, 2.45) is 0 Å². The van der Waals surface area contributed by atoms with Gasteiger partial charge in [0.1, 0.15) is 11.2 Å². The maximum Gasteiger partial charge on any atom is 0.164 e. The number of para-hydroxylation sites is 3. The van der Waals surface area contributed by atoms with Crippen LogP contribution < -0.4 is 0 Å². The second kappa shape index (κ2) is 10.7. The van der Waals surface area contributed by atoms with E-state index in [4.69, 9.17) is 19.4 Å². The van der Waals surface area contributed by atoms with Gasteiger partial charge in [0, 0.05) is 53.0 Å². The Balaban J connectivity index is 1.24. The van der Waals surface area contributed by atoms with Gasteiger partial charge in [0.2, 0.25) is 0 Å². The number of hydrogen-bond donors (Lipinski definition) is 0. The SMILES string of the molecule is c1ccc(-c2cc(-c3ccc4sc5c6ccccc6nc(-c6ccccc6)c5c4c3)nc(-c3cccc4c3oc3ccccc34)n2)cc1. The summed E-state index contributed by atoms with van der Waals surface area (Å²) < 4.78 is 8.89. The number of aromatic nitrogens is 3. The average molecular weight is 632 g/mol. The van der Waals surface area contributed by atoms with Gasteiger partial charge in [-0.15, -0.1) is 11.3 Å². The predicted octanol–water partition coefficient (Wildman–Crippen LogP) is 12.0. The molecule has 10 aromatic rings. The van der Waals surface area contributed by atoms with Gasteiger partial charge in [-0.05, 0) is 36.4 Å². The first-order valence-electron chi connectivity index (χ1n) is 15.9. The van der Waals surface area contributed by atoms with E-state index in [1.54, 1.807) is 0 Å². The fourth-order valence-electron chi connectivity index (χ4n) is 6.82. The van der Waals surface area contributed by atoms with Crippen molar-refractivity contribution in [3.8, 4) is 45.2 Å². The van der Waals surface area contributed by atoms with Crippen molar-refractivity contribution < 1.29 is 4.42 Å². The van der Waals surface area contributed by atoms with Crippen LogP contribution in [0, 0.1) is 0 Å². The van der Waals surface area contributed by atoms with Crippen LogP contribution in [0.2, 0.25) is 0 Å². The van der Waals surface area contributed by atoms with Crippen molar-refractivity contribution in [3.63, 3.8) is 0 Å². The zero-order chi connectivity index (χ0) is 31.6. The van der Waals surface area contributed by atoms with Crippen LogP contribution in [0.5, 0.6) is 0 Å². The molecular weight excluding hydrogens is 607 g/mol. The molecule has 0 saturated carbocycles. The maximum atomic E-state index is 6.43. The average Bonchev–Trinajstić information content (AvgIpc) is 3.74. The summed E-state index contributed by atoms with van der Waals surface area (Å²) in [5.74, 6) is 0.629. The molecule has 0 atom stereocenters. The Kier molecular flexibility index (Phi) is 6.01. The molecule has 4 heterocycles. The Morgan fingerprint density at radius 3 is 2.00 bits per heavy atom. The van der Waals surface area contributed by atoms with E-state index in [0.29, 0.717) is 5.82 Å². The van der Waals surface area contributed by atoms with Crippen LogP contribution in [0.15, 0.2) is 156 Å². The van der Waals surface area contributed by atoms with Crippen molar-refractivity contribution in [1.82, 2.24) is 15.0 Å². The fraction of sp³-hybridized carbons (Fsp3) is 0. The monoisotopic (exact) mass is 631 g/mol. The topological polar surface area (TPSA) is 51.8 Å². The molecule has 0 aliphatic carbocycles. The van der Waals surface area contributed by atoms with E-state index in [0.717, 1.165) is 66.8 Å². The highest BCUT2D eigenvalue weighted by molar-refractivity contribution is 7.26. The number of thiophene rings is 1. The van der Waals surface area contributed by atoms with Crippen molar-refractivity contribution in [2.75, 3.05) is 0 Å². The first kappa shape index (κ1) is 27.0. The van der Waals surface area contributed by atoms with Crippen LogP contribution >= 0.6 is 11.3 Å². The lowest BCUT2D eigenvalue weighted by Gasteiger charge is -2.10. The molecule has 0 aliphatic rings. The normalized spacial score (nSPS) is 11.8. The number of benzene rings is 6. The number of nitrogens with zero attached hydrogens (tertiary/aromatic N) is 3. The summed E-state index contributed by atoms with van der Waals surface area (Å²) in [7, 11) is 0. The van der Waals surface area contributed by atoms with E-state index < -0.39 is 0 Å². The third-order valence-electron chi connectivity index (χ3n) is 9.09. The van der Waals surface area contributed by atoms with Crippen molar-refractivity contribution in [3.05, 3.63) is 152 Å². The molecule has 0 radical (unpaired) electrons. The molecule has 0 bridgehead atoms. The summed E-state index contributed by atoms with van der Waals surface area (Å²) in [4.78, 5) is 15.6. The first-order chi connectivity index (χ1) is 23.8. The third-order valence-corrected chi connectivity index (χ3v) is 10.3. The van der Waals surface area contributed by atoms with Crippen LogP contribution in [0.1, 0.15) is 0 Å². The summed E-state index contributed by atoms with van der Waals surface area (Å²) in [6.07, 6.45) is 0. The molecule has 0 unspecified atom stereocenters. The molecule has 48 heavy (non-hydrogen) atoms. The highest BCUT2D eigenvalue weighted by atomic mass is 32.1. The largest absolute Gasteiger partial charge is 0.455 e. The summed E-state index contributed by atoms with van der Waals surface area (Å²) >= 11 is 1.82. The zero-order valence-corrected chi connectivity index (χ0v) is 26.4. The molecule has 0 amide bonds. The van der Waals surface area contributed by atoms with Crippen LogP contribution in [-0.4, -0.2) is 15.0 Å². The Morgan fingerprint density at radius 2 is 1.17 bits per heavy atom. The Labute approximate surface area is 279 Å². The Hall–Kier alpha value is -6.17. The second-order valence-corrected chi connectivity index (χ2v) is 13.0. The third kappa shape index (κ3) is 4.25. The van der Waals surface area contributed by atoms with Crippen LogP contribution in [-0.2, 0) is 0 Å². The van der Waals surface area contributed by atoms with Crippen LogP contribution in [0.25, 0.3) is 98.2 Å². The number of pyridine rings is 1. The lowest BCUT2D eigenvalue weighted by atomic mass is 10.00. The van der Waals surface area contributed by atoms with Gasteiger partial charge in [-0.25, -0.2) is 15.0 Å². The highest BCUT2D eigenvalue weighted by Crippen LogP contribution is 2.44. The molecule has 0 saturated heterocycles. The molecule has 224 valence electrons. The minimum absolute atomic E-state index is 0.629. The maximum absolute atomic E-state index is 6.43. The van der Waals surface area contributed by atoms with E-state index in [2.05, 4.69) is 115 Å². The first-order valence-corrected chi connectivity index (χ1v) is 16.8. The van der Waals surface area contributed by atoms with E-state index in [1.807, 2.05) is 47.7 Å². The number of furan rings is 1. The molecule has 4 nitrogen and oxygen atoms in total. The summed E-state index contributed by atoms with van der Waals surface area (Å²) in [5, 5.41) is 5.65. The Morgan fingerprint density at radius 1 is 0.479 bits per heavy atom. The van der Waals surface area contributed by atoms with Crippen LogP contribution in [0.3, 0.4) is 0 Å². The van der Waals surface area contributed by atoms with Gasteiger partial charge in [-0.3, -0.25) is 0 Å². The van der Waals surface area contributed by atoms with Gasteiger partial charge in [0.05, 0.1) is 28.2 Å². The smallest absolute Gasteiger partial charge is 0.164 e. The summed E-state index contributed by atoms with van der Waals surface area (Å²) in [5.41, 5.74) is 9.37. The van der Waals surface area contributed by atoms with E-state index in [9.17, 15) is 0 Å². The molecule has 0 spiro atoms. The van der Waals surface area contributed by atoms with Gasteiger partial charge >= 0.3 is 0 Å². The second-order valence-electron chi connectivity index (χ2n) is 12.0. The fourth-order valence-corrected chi connectivity index (χ4v) is 8.04. The van der Waals surface area contributed by atoms with Gasteiger partial charge in [-0.1, -0.05) is 115 Å². The summed E-state index contributed by atoms with van der Waals surface area (Å²) in [6, 6.07) is 52.4. The number of fused-ring (bicyclic) bond motifs is 8. The molecular formula is C43H25N3OS. The number of hydrogen-bond acceptors (Lipinski definition) is 5. The minimum Gasteiger partial charge on any atom is -0.455 e. The zero-order valence-electron chi connectivity index (χ0n) is 25.6. The van der Waals surface area contributed by atoms with Crippen molar-refractivity contribution in [2.45, 2.75) is 0 Å². The molecule has 0 aliphatic heterocycles. The molecule has 0 fully saturated rings. The highest BCUT2D eigenvalue weighted by Gasteiger charge is 2.19. The quantitative estimate of drug-likeness (QED) is 0.194. The van der Waals surface area contributed by atoms with Gasteiger partial charge in [0.15, 0.2) is 5.82 Å². The molecule has 5 heteroatoms. The predicted molar refractivity (Wildman–Crippen MR) is 199 cm³/mol. The lowest BCUT2D eigenvalue weighted by molar-refractivity contribution is 0.669. The molecule has 0 N–H and O–H groups in total. The molecule has 6 aromatic carbocycles. The van der Waals surface area contributed by atoms with Crippen molar-refractivity contribution >= 4 is 64.4 Å². The van der Waals surface area contributed by atoms with Gasteiger partial charge in [0.25, 0.3) is 0 Å². The number of rotatable bonds is 4. The molecule has 4 aromatic heterocycles.